The van der Waals surface area contributed by atoms with Crippen molar-refractivity contribution >= 4 is 11.6 Å². The molecule has 1 amide bonds. The number of anilines is 1. The monoisotopic (exact) mass is 224 g/mol. The molecule has 4 nitrogen and oxygen atoms in total. The first-order valence-electron chi connectivity index (χ1n) is 5.01. The van der Waals surface area contributed by atoms with Crippen molar-refractivity contribution in [1.29, 1.82) is 0 Å². The summed E-state index contributed by atoms with van der Waals surface area (Å²) in [5, 5.41) is 2.64. The smallest absolute Gasteiger partial charge is 0.236 e. The predicted molar refractivity (Wildman–Crippen MR) is 57.3 cm³/mol. The molecule has 2 rings (SSSR count). The second-order valence-corrected chi connectivity index (χ2v) is 3.94. The van der Waals surface area contributed by atoms with Crippen molar-refractivity contribution in [2.24, 2.45) is 11.1 Å². The van der Waals surface area contributed by atoms with Crippen molar-refractivity contribution in [3.63, 3.8) is 0 Å². The lowest BCUT2D eigenvalue weighted by Crippen LogP contribution is -2.56. The van der Waals surface area contributed by atoms with E-state index in [-0.39, 0.29) is 18.3 Å². The number of hydrogen-bond donors (Lipinski definition) is 2. The van der Waals surface area contributed by atoms with Crippen molar-refractivity contribution in [3.05, 3.63) is 30.1 Å². The van der Waals surface area contributed by atoms with E-state index >= 15 is 0 Å². The maximum absolute atomic E-state index is 12.9. The van der Waals surface area contributed by atoms with Crippen LogP contribution in [0.5, 0.6) is 0 Å². The Labute approximate surface area is 92.6 Å². The fraction of sp³-hybridized carbons (Fsp3) is 0.364. The normalized spacial score (nSPS) is 17.6. The van der Waals surface area contributed by atoms with E-state index in [4.69, 9.17) is 10.5 Å². The Morgan fingerprint density at radius 2 is 2.31 bits per heavy atom. The number of carbonyl (C=O) groups excluding carboxylic acids is 1. The maximum atomic E-state index is 12.9. The van der Waals surface area contributed by atoms with Crippen molar-refractivity contribution in [1.82, 2.24) is 0 Å². The Morgan fingerprint density at radius 3 is 2.81 bits per heavy atom. The lowest BCUT2D eigenvalue weighted by molar-refractivity contribution is -0.153. The maximum Gasteiger partial charge on any atom is 0.236 e. The highest BCUT2D eigenvalue weighted by molar-refractivity contribution is 5.96. The summed E-state index contributed by atoms with van der Waals surface area (Å²) in [6.45, 7) is 0.878. The first-order chi connectivity index (χ1) is 7.66. The molecule has 0 radical (unpaired) electrons. The fourth-order valence-corrected chi connectivity index (χ4v) is 1.52. The largest absolute Gasteiger partial charge is 0.379 e. The van der Waals surface area contributed by atoms with E-state index in [9.17, 15) is 9.18 Å². The van der Waals surface area contributed by atoms with Gasteiger partial charge < -0.3 is 15.8 Å². The van der Waals surface area contributed by atoms with Crippen LogP contribution < -0.4 is 11.1 Å². The molecule has 0 bridgehead atoms. The Bertz CT molecular complexity index is 399. The van der Waals surface area contributed by atoms with E-state index in [2.05, 4.69) is 5.32 Å². The Balaban J connectivity index is 2.07. The molecule has 16 heavy (non-hydrogen) atoms. The number of ether oxygens (including phenoxy) is 1. The highest BCUT2D eigenvalue weighted by atomic mass is 19.1. The highest BCUT2D eigenvalue weighted by Gasteiger charge is 2.44. The molecule has 1 saturated heterocycles. The molecule has 5 heteroatoms. The van der Waals surface area contributed by atoms with Crippen molar-refractivity contribution in [2.75, 3.05) is 25.1 Å². The molecule has 1 aromatic rings. The van der Waals surface area contributed by atoms with Crippen LogP contribution in [0.4, 0.5) is 10.1 Å². The molecule has 1 heterocycles. The zero-order valence-electron chi connectivity index (χ0n) is 8.70. The van der Waals surface area contributed by atoms with Crippen LogP contribution in [0.15, 0.2) is 24.3 Å². The van der Waals surface area contributed by atoms with Crippen LogP contribution in [0.25, 0.3) is 0 Å². The molecule has 0 saturated carbocycles. The second-order valence-electron chi connectivity index (χ2n) is 3.94. The molecule has 86 valence electrons. The molecular formula is C11H13FN2O2. The van der Waals surface area contributed by atoms with Gasteiger partial charge in [-0.25, -0.2) is 4.39 Å². The molecule has 1 aromatic carbocycles. The zero-order chi connectivity index (χ0) is 11.6. The predicted octanol–water partition coefficient (Wildman–Crippen LogP) is 0.739. The molecule has 1 fully saturated rings. The summed E-state index contributed by atoms with van der Waals surface area (Å²) in [4.78, 5) is 11.9. The topological polar surface area (TPSA) is 64.4 Å². The number of carbonyl (C=O) groups is 1. The van der Waals surface area contributed by atoms with E-state index in [1.54, 1.807) is 6.07 Å². The second kappa shape index (κ2) is 4.19. The summed E-state index contributed by atoms with van der Waals surface area (Å²) in [7, 11) is 0. The van der Waals surface area contributed by atoms with Gasteiger partial charge in [-0.1, -0.05) is 6.07 Å². The van der Waals surface area contributed by atoms with Gasteiger partial charge in [-0.05, 0) is 18.2 Å². The minimum absolute atomic E-state index is 0.216. The van der Waals surface area contributed by atoms with Gasteiger partial charge >= 0.3 is 0 Å². The molecule has 3 N–H and O–H groups in total. The van der Waals surface area contributed by atoms with Crippen LogP contribution in [0, 0.1) is 11.2 Å². The molecule has 1 aliphatic heterocycles. The van der Waals surface area contributed by atoms with Gasteiger partial charge in [-0.15, -0.1) is 0 Å². The van der Waals surface area contributed by atoms with E-state index in [0.717, 1.165) is 0 Å². The van der Waals surface area contributed by atoms with Gasteiger partial charge in [0.2, 0.25) is 5.91 Å². The van der Waals surface area contributed by atoms with E-state index < -0.39 is 5.41 Å². The molecule has 0 aromatic heterocycles. The van der Waals surface area contributed by atoms with Gasteiger partial charge in [0.05, 0.1) is 13.2 Å². The molecular weight excluding hydrogens is 211 g/mol. The molecule has 0 aliphatic carbocycles. The minimum Gasteiger partial charge on any atom is -0.379 e. The minimum atomic E-state index is -0.647. The third-order valence-electron chi connectivity index (χ3n) is 2.71. The quantitative estimate of drug-likeness (QED) is 0.795. The first kappa shape index (κ1) is 11.0. The molecule has 1 aliphatic rings. The lowest BCUT2D eigenvalue weighted by atomic mass is 9.85. The summed E-state index contributed by atoms with van der Waals surface area (Å²) in [6.07, 6.45) is 0. The third kappa shape index (κ3) is 1.91. The van der Waals surface area contributed by atoms with Crippen LogP contribution >= 0.6 is 0 Å². The van der Waals surface area contributed by atoms with Gasteiger partial charge in [0.25, 0.3) is 0 Å². The van der Waals surface area contributed by atoms with Crippen molar-refractivity contribution < 1.29 is 13.9 Å². The standard InChI is InChI=1S/C11H13FN2O2/c12-8-2-1-3-9(4-8)14-10(15)11(5-13)6-16-7-11/h1-4H,5-7,13H2,(H,14,15). The van der Waals surface area contributed by atoms with Crippen LogP contribution in [0.1, 0.15) is 0 Å². The van der Waals surface area contributed by atoms with Crippen LogP contribution in [0.3, 0.4) is 0 Å². The highest BCUT2D eigenvalue weighted by Crippen LogP contribution is 2.27. The number of rotatable bonds is 3. The van der Waals surface area contributed by atoms with Gasteiger partial charge in [-0.2, -0.15) is 0 Å². The van der Waals surface area contributed by atoms with E-state index in [1.807, 2.05) is 0 Å². The summed E-state index contributed by atoms with van der Waals surface area (Å²) in [6, 6.07) is 5.75. The lowest BCUT2D eigenvalue weighted by Gasteiger charge is -2.38. The van der Waals surface area contributed by atoms with Crippen LogP contribution in [-0.4, -0.2) is 25.7 Å². The van der Waals surface area contributed by atoms with Gasteiger partial charge in [0.15, 0.2) is 0 Å². The number of hydrogen-bond acceptors (Lipinski definition) is 3. The SMILES string of the molecule is NCC1(C(=O)Nc2cccc(F)c2)COC1. The molecule has 0 atom stereocenters. The number of amides is 1. The first-order valence-corrected chi connectivity index (χ1v) is 5.01. The summed E-state index contributed by atoms with van der Waals surface area (Å²) in [5.41, 5.74) is 5.33. The number of benzene rings is 1. The molecule has 0 unspecified atom stereocenters. The number of halogens is 1. The van der Waals surface area contributed by atoms with E-state index in [1.165, 1.54) is 18.2 Å². The summed E-state index contributed by atoms with van der Waals surface area (Å²) < 4.78 is 17.9. The Hall–Kier alpha value is -1.46. The summed E-state index contributed by atoms with van der Waals surface area (Å²) >= 11 is 0. The van der Waals surface area contributed by atoms with Gasteiger partial charge in [-0.3, -0.25) is 4.79 Å². The van der Waals surface area contributed by atoms with E-state index in [0.29, 0.717) is 18.9 Å². The van der Waals surface area contributed by atoms with Crippen LogP contribution in [0.2, 0.25) is 0 Å². The fourth-order valence-electron chi connectivity index (χ4n) is 1.52. The average molecular weight is 224 g/mol. The van der Waals surface area contributed by atoms with Gasteiger partial charge in [0.1, 0.15) is 11.2 Å². The average Bonchev–Trinajstić information content (AvgIpc) is 2.16. The van der Waals surface area contributed by atoms with Crippen molar-refractivity contribution in [3.8, 4) is 0 Å². The zero-order valence-corrected chi connectivity index (χ0v) is 8.70. The number of nitrogens with two attached hydrogens (primary N) is 1. The number of nitrogens with one attached hydrogen (secondary N) is 1. The van der Waals surface area contributed by atoms with Gasteiger partial charge in [0, 0.05) is 12.2 Å². The Morgan fingerprint density at radius 1 is 1.56 bits per heavy atom. The Kier molecular flexibility index (Phi) is 2.89. The third-order valence-corrected chi connectivity index (χ3v) is 2.71. The summed E-state index contributed by atoms with van der Waals surface area (Å²) in [5.74, 6) is -0.601. The molecule has 0 spiro atoms. The van der Waals surface area contributed by atoms with Crippen molar-refractivity contribution in [2.45, 2.75) is 0 Å². The van der Waals surface area contributed by atoms with Crippen LogP contribution in [-0.2, 0) is 9.53 Å².